The van der Waals surface area contributed by atoms with Gasteiger partial charge in [-0.1, -0.05) is 24.3 Å². The second-order valence-electron chi connectivity index (χ2n) is 5.91. The molecule has 0 radical (unpaired) electrons. The number of hydrogen-bond donors (Lipinski definition) is 3. The molecular formula is C21H21N3O2S2. The molecule has 2 aromatic carbocycles. The van der Waals surface area contributed by atoms with Gasteiger partial charge in [-0.2, -0.15) is 11.8 Å². The smallest absolute Gasteiger partial charge is 0.323 e. The van der Waals surface area contributed by atoms with Crippen molar-refractivity contribution in [2.75, 3.05) is 22.9 Å². The van der Waals surface area contributed by atoms with Crippen molar-refractivity contribution in [3.05, 3.63) is 82.6 Å². The molecule has 0 atom stereocenters. The van der Waals surface area contributed by atoms with Gasteiger partial charge in [0.15, 0.2) is 0 Å². The van der Waals surface area contributed by atoms with Crippen molar-refractivity contribution in [3.8, 4) is 0 Å². The summed E-state index contributed by atoms with van der Waals surface area (Å²) in [5, 5.41) is 10.5. The first-order chi connectivity index (χ1) is 13.7. The van der Waals surface area contributed by atoms with Crippen LogP contribution in [-0.4, -0.2) is 24.2 Å². The molecule has 0 fully saturated rings. The standard InChI is InChI=1S/C21H21N3O2S2/c25-20(22-12-14-27-15-19-7-4-13-28-19)16-8-10-18(11-9-16)24-21(26)23-17-5-2-1-3-6-17/h1-11,13H,12,14-15H2,(H,22,25)(H2,23,24,26). The number of carbonyl (C=O) groups is 2. The zero-order chi connectivity index (χ0) is 19.6. The SMILES string of the molecule is O=C(Nc1ccccc1)Nc1ccc(C(=O)NCCSCc2cccs2)cc1. The molecule has 1 aromatic heterocycles. The molecule has 7 heteroatoms. The van der Waals surface area contributed by atoms with Gasteiger partial charge in [-0.3, -0.25) is 4.79 Å². The van der Waals surface area contributed by atoms with Crippen LogP contribution in [-0.2, 0) is 5.75 Å². The van der Waals surface area contributed by atoms with Crippen LogP contribution in [0.5, 0.6) is 0 Å². The van der Waals surface area contributed by atoms with Gasteiger partial charge in [-0.05, 0) is 47.8 Å². The highest BCUT2D eigenvalue weighted by atomic mass is 32.2. The Labute approximate surface area is 172 Å². The minimum absolute atomic E-state index is 0.114. The van der Waals surface area contributed by atoms with Gasteiger partial charge in [0.1, 0.15) is 0 Å². The molecule has 0 saturated carbocycles. The van der Waals surface area contributed by atoms with Gasteiger partial charge in [0, 0.05) is 39.9 Å². The molecule has 0 aliphatic heterocycles. The molecule has 144 valence electrons. The summed E-state index contributed by atoms with van der Waals surface area (Å²) in [6.45, 7) is 0.619. The highest BCUT2D eigenvalue weighted by molar-refractivity contribution is 7.98. The number of amides is 3. The Balaban J connectivity index is 1.39. The predicted molar refractivity (Wildman–Crippen MR) is 118 cm³/mol. The Bertz CT molecular complexity index is 882. The lowest BCUT2D eigenvalue weighted by Crippen LogP contribution is -2.25. The van der Waals surface area contributed by atoms with Crippen LogP contribution in [0, 0.1) is 0 Å². The molecule has 3 aromatic rings. The molecule has 28 heavy (non-hydrogen) atoms. The molecule has 0 unspecified atom stereocenters. The Morgan fingerprint density at radius 2 is 1.57 bits per heavy atom. The third kappa shape index (κ3) is 6.44. The molecule has 0 aliphatic carbocycles. The first-order valence-corrected chi connectivity index (χ1v) is 10.9. The molecule has 3 rings (SSSR count). The largest absolute Gasteiger partial charge is 0.351 e. The van der Waals surface area contributed by atoms with E-state index >= 15 is 0 Å². The van der Waals surface area contributed by atoms with Crippen LogP contribution in [0.2, 0.25) is 0 Å². The quantitative estimate of drug-likeness (QED) is 0.454. The molecule has 1 heterocycles. The average molecular weight is 412 g/mol. The van der Waals surface area contributed by atoms with Gasteiger partial charge in [-0.25, -0.2) is 4.79 Å². The summed E-state index contributed by atoms with van der Waals surface area (Å²) in [7, 11) is 0. The summed E-state index contributed by atoms with van der Waals surface area (Å²) in [5.41, 5.74) is 1.90. The van der Waals surface area contributed by atoms with Gasteiger partial charge in [0.25, 0.3) is 5.91 Å². The summed E-state index contributed by atoms with van der Waals surface area (Å²) < 4.78 is 0. The van der Waals surface area contributed by atoms with Crippen LogP contribution in [0.3, 0.4) is 0 Å². The van der Waals surface area contributed by atoms with E-state index in [0.29, 0.717) is 23.5 Å². The number of para-hydroxylation sites is 1. The second-order valence-corrected chi connectivity index (χ2v) is 8.05. The molecule has 0 bridgehead atoms. The Morgan fingerprint density at radius 1 is 0.857 bits per heavy atom. The van der Waals surface area contributed by atoms with Gasteiger partial charge in [0.05, 0.1) is 0 Å². The monoisotopic (exact) mass is 411 g/mol. The minimum atomic E-state index is -0.328. The number of thiophene rings is 1. The number of rotatable bonds is 8. The number of hydrogen-bond acceptors (Lipinski definition) is 4. The lowest BCUT2D eigenvalue weighted by Gasteiger charge is -2.09. The van der Waals surface area contributed by atoms with Crippen LogP contribution in [0.15, 0.2) is 72.1 Å². The molecule has 5 nitrogen and oxygen atoms in total. The van der Waals surface area contributed by atoms with Crippen molar-refractivity contribution in [3.63, 3.8) is 0 Å². The fourth-order valence-corrected chi connectivity index (χ4v) is 4.13. The lowest BCUT2D eigenvalue weighted by molar-refractivity contribution is 0.0956. The van der Waals surface area contributed by atoms with Crippen LogP contribution < -0.4 is 16.0 Å². The zero-order valence-corrected chi connectivity index (χ0v) is 16.8. The zero-order valence-electron chi connectivity index (χ0n) is 15.2. The van der Waals surface area contributed by atoms with Crippen molar-refractivity contribution in [2.45, 2.75) is 5.75 Å². The summed E-state index contributed by atoms with van der Waals surface area (Å²) in [5.74, 6) is 1.72. The van der Waals surface area contributed by atoms with Crippen molar-refractivity contribution in [1.29, 1.82) is 0 Å². The summed E-state index contributed by atoms with van der Waals surface area (Å²) in [6.07, 6.45) is 0. The Morgan fingerprint density at radius 3 is 2.25 bits per heavy atom. The molecular weight excluding hydrogens is 390 g/mol. The number of benzene rings is 2. The maximum absolute atomic E-state index is 12.2. The number of carbonyl (C=O) groups excluding carboxylic acids is 2. The maximum atomic E-state index is 12.2. The lowest BCUT2D eigenvalue weighted by atomic mass is 10.2. The van der Waals surface area contributed by atoms with Crippen molar-refractivity contribution < 1.29 is 9.59 Å². The highest BCUT2D eigenvalue weighted by Gasteiger charge is 2.06. The van der Waals surface area contributed by atoms with E-state index < -0.39 is 0 Å². The number of thioether (sulfide) groups is 1. The Hall–Kier alpha value is -2.77. The van der Waals surface area contributed by atoms with E-state index in [1.807, 2.05) is 36.4 Å². The van der Waals surface area contributed by atoms with E-state index in [1.54, 1.807) is 47.4 Å². The fourth-order valence-electron chi connectivity index (χ4n) is 2.43. The van der Waals surface area contributed by atoms with E-state index in [4.69, 9.17) is 0 Å². The van der Waals surface area contributed by atoms with Crippen LogP contribution in [0.25, 0.3) is 0 Å². The normalized spacial score (nSPS) is 10.3. The van der Waals surface area contributed by atoms with Crippen molar-refractivity contribution in [2.24, 2.45) is 0 Å². The first kappa shape index (κ1) is 20.0. The van der Waals surface area contributed by atoms with Crippen molar-refractivity contribution in [1.82, 2.24) is 5.32 Å². The molecule has 3 amide bonds. The van der Waals surface area contributed by atoms with E-state index in [-0.39, 0.29) is 11.9 Å². The molecule has 3 N–H and O–H groups in total. The summed E-state index contributed by atoms with van der Waals surface area (Å²) in [6, 6.07) is 19.9. The number of urea groups is 1. The van der Waals surface area contributed by atoms with E-state index in [2.05, 4.69) is 27.4 Å². The first-order valence-electron chi connectivity index (χ1n) is 8.82. The molecule has 0 aliphatic rings. The maximum Gasteiger partial charge on any atom is 0.323 e. The topological polar surface area (TPSA) is 70.2 Å². The van der Waals surface area contributed by atoms with Crippen molar-refractivity contribution >= 4 is 46.4 Å². The third-order valence-corrected chi connectivity index (χ3v) is 5.86. The van der Waals surface area contributed by atoms with E-state index in [0.717, 1.165) is 11.5 Å². The van der Waals surface area contributed by atoms with Gasteiger partial charge >= 0.3 is 6.03 Å². The van der Waals surface area contributed by atoms with Gasteiger partial charge < -0.3 is 16.0 Å². The average Bonchev–Trinajstić information content (AvgIpc) is 3.22. The predicted octanol–water partition coefficient (Wildman–Crippen LogP) is 5.06. The molecule has 0 saturated heterocycles. The van der Waals surface area contributed by atoms with Gasteiger partial charge in [0.2, 0.25) is 0 Å². The third-order valence-electron chi connectivity index (χ3n) is 3.79. The second kappa shape index (κ2) is 10.5. The molecule has 0 spiro atoms. The van der Waals surface area contributed by atoms with E-state index in [1.165, 1.54) is 4.88 Å². The number of nitrogens with one attached hydrogen (secondary N) is 3. The van der Waals surface area contributed by atoms with Gasteiger partial charge in [-0.15, -0.1) is 11.3 Å². The van der Waals surface area contributed by atoms with Crippen LogP contribution >= 0.6 is 23.1 Å². The van der Waals surface area contributed by atoms with E-state index in [9.17, 15) is 9.59 Å². The minimum Gasteiger partial charge on any atom is -0.351 e. The summed E-state index contributed by atoms with van der Waals surface area (Å²) >= 11 is 3.55. The summed E-state index contributed by atoms with van der Waals surface area (Å²) in [4.78, 5) is 25.5. The highest BCUT2D eigenvalue weighted by Crippen LogP contribution is 2.16. The number of anilines is 2. The van der Waals surface area contributed by atoms with Crippen LogP contribution in [0.4, 0.5) is 16.2 Å². The fraction of sp³-hybridized carbons (Fsp3) is 0.143. The Kier molecular flexibility index (Phi) is 7.52. The van der Waals surface area contributed by atoms with Crippen LogP contribution in [0.1, 0.15) is 15.2 Å².